The first-order valence-corrected chi connectivity index (χ1v) is 6.48. The molecule has 104 valence electrons. The van der Waals surface area contributed by atoms with Crippen LogP contribution in [0.1, 0.15) is 19.5 Å². The quantitative estimate of drug-likeness (QED) is 0.785. The molecule has 0 radical (unpaired) electrons. The molecule has 3 heterocycles. The molecule has 7 heteroatoms. The lowest BCUT2D eigenvalue weighted by Crippen LogP contribution is -1.93. The maximum absolute atomic E-state index is 5.24. The molecule has 0 aliphatic heterocycles. The summed E-state index contributed by atoms with van der Waals surface area (Å²) in [5.41, 5.74) is 2.41. The molecule has 3 rings (SSSR count). The molecule has 3 aromatic rings. The Morgan fingerprint density at radius 2 is 2.20 bits per heavy atom. The summed E-state index contributed by atoms with van der Waals surface area (Å²) in [5, 5.41) is 11.1. The Morgan fingerprint density at radius 1 is 1.35 bits per heavy atom. The van der Waals surface area contributed by atoms with E-state index in [0.717, 1.165) is 12.1 Å². The number of nitrogens with one attached hydrogen (secondary N) is 1. The molecule has 0 fully saturated rings. The molecule has 0 amide bonds. The van der Waals surface area contributed by atoms with Crippen LogP contribution in [0.25, 0.3) is 23.1 Å². The third-order valence-corrected chi connectivity index (χ3v) is 2.84. The van der Waals surface area contributed by atoms with Gasteiger partial charge in [0.15, 0.2) is 5.69 Å². The number of aryl methyl sites for hydroxylation is 1. The Hall–Kier alpha value is -2.44. The number of aromatic nitrogens is 6. The summed E-state index contributed by atoms with van der Waals surface area (Å²) >= 11 is 0. The molecule has 7 nitrogen and oxygen atoms in total. The van der Waals surface area contributed by atoms with Crippen molar-refractivity contribution in [2.45, 2.75) is 20.3 Å². The molecule has 0 aromatic carbocycles. The Kier molecular flexibility index (Phi) is 3.09. The molecular weight excluding hydrogens is 256 g/mol. The van der Waals surface area contributed by atoms with Crippen LogP contribution in [0.4, 0.5) is 0 Å². The molecule has 0 unspecified atom stereocenters. The Morgan fingerprint density at radius 3 is 2.90 bits per heavy atom. The standard InChI is InChI=1S/C13H16N6O/c1-8(2)4-9-5-10(17-16-9)13-15-12(18-20-13)11-6-19(3)7-14-11/h5-8H,4H2,1-3H3,(H,16,17). The van der Waals surface area contributed by atoms with Crippen LogP contribution in [-0.2, 0) is 13.5 Å². The number of nitrogens with zero attached hydrogens (tertiary/aromatic N) is 5. The molecule has 0 spiro atoms. The molecule has 3 aromatic heterocycles. The largest absolute Gasteiger partial charge is 0.340 e. The summed E-state index contributed by atoms with van der Waals surface area (Å²) < 4.78 is 7.07. The highest BCUT2D eigenvalue weighted by atomic mass is 16.5. The predicted octanol–water partition coefficient (Wildman–Crippen LogP) is 2.06. The summed E-state index contributed by atoms with van der Waals surface area (Å²) in [6, 6.07) is 1.94. The van der Waals surface area contributed by atoms with Gasteiger partial charge in [-0.3, -0.25) is 5.10 Å². The zero-order chi connectivity index (χ0) is 14.1. The number of rotatable bonds is 4. The van der Waals surface area contributed by atoms with E-state index in [4.69, 9.17) is 4.52 Å². The smallest absolute Gasteiger partial charge is 0.278 e. The second-order valence-electron chi connectivity index (χ2n) is 5.22. The van der Waals surface area contributed by atoms with Crippen LogP contribution in [0.2, 0.25) is 0 Å². The maximum atomic E-state index is 5.24. The van der Waals surface area contributed by atoms with Crippen molar-refractivity contribution in [1.82, 2.24) is 29.9 Å². The van der Waals surface area contributed by atoms with Crippen LogP contribution in [0.15, 0.2) is 23.1 Å². The molecule has 1 N–H and O–H groups in total. The first kappa shape index (κ1) is 12.6. The zero-order valence-corrected chi connectivity index (χ0v) is 11.7. The van der Waals surface area contributed by atoms with E-state index in [1.807, 2.05) is 23.9 Å². The summed E-state index contributed by atoms with van der Waals surface area (Å²) in [6.45, 7) is 4.32. The highest BCUT2D eigenvalue weighted by Crippen LogP contribution is 2.20. The molecule has 0 atom stereocenters. The molecular formula is C13H16N6O. The van der Waals surface area contributed by atoms with Crippen LogP contribution in [-0.4, -0.2) is 29.9 Å². The van der Waals surface area contributed by atoms with Gasteiger partial charge < -0.3 is 9.09 Å². The molecule has 0 bridgehead atoms. The van der Waals surface area contributed by atoms with Gasteiger partial charge in [0.25, 0.3) is 5.89 Å². The topological polar surface area (TPSA) is 85.4 Å². The van der Waals surface area contributed by atoms with Gasteiger partial charge in [-0.1, -0.05) is 19.0 Å². The van der Waals surface area contributed by atoms with Crippen LogP contribution >= 0.6 is 0 Å². The van der Waals surface area contributed by atoms with Crippen molar-refractivity contribution in [3.63, 3.8) is 0 Å². The third-order valence-electron chi connectivity index (χ3n) is 2.84. The number of imidazole rings is 1. The predicted molar refractivity (Wildman–Crippen MR) is 72.6 cm³/mol. The highest BCUT2D eigenvalue weighted by molar-refractivity contribution is 5.53. The van der Waals surface area contributed by atoms with Gasteiger partial charge in [-0.25, -0.2) is 4.98 Å². The average molecular weight is 272 g/mol. The monoisotopic (exact) mass is 272 g/mol. The van der Waals surface area contributed by atoms with E-state index < -0.39 is 0 Å². The Bertz CT molecular complexity index is 708. The van der Waals surface area contributed by atoms with Crippen molar-refractivity contribution in [1.29, 1.82) is 0 Å². The molecule has 0 aliphatic carbocycles. The van der Waals surface area contributed by atoms with Gasteiger partial charge >= 0.3 is 0 Å². The van der Waals surface area contributed by atoms with Gasteiger partial charge in [-0.15, -0.1) is 0 Å². The summed E-state index contributed by atoms with van der Waals surface area (Å²) in [4.78, 5) is 8.51. The fraction of sp³-hybridized carbons (Fsp3) is 0.385. The Labute approximate surface area is 116 Å². The van der Waals surface area contributed by atoms with Crippen LogP contribution in [0.5, 0.6) is 0 Å². The van der Waals surface area contributed by atoms with Crippen LogP contribution in [0, 0.1) is 5.92 Å². The summed E-state index contributed by atoms with van der Waals surface area (Å²) in [5.74, 6) is 1.43. The van der Waals surface area contributed by atoms with Gasteiger partial charge in [0.1, 0.15) is 5.69 Å². The summed E-state index contributed by atoms with van der Waals surface area (Å²) in [6.07, 6.45) is 4.47. The second kappa shape index (κ2) is 4.92. The van der Waals surface area contributed by atoms with Gasteiger partial charge in [0.05, 0.1) is 6.33 Å². The van der Waals surface area contributed by atoms with Gasteiger partial charge in [0, 0.05) is 18.9 Å². The van der Waals surface area contributed by atoms with Crippen molar-refractivity contribution in [2.75, 3.05) is 0 Å². The van der Waals surface area contributed by atoms with E-state index >= 15 is 0 Å². The fourth-order valence-corrected chi connectivity index (χ4v) is 1.98. The normalized spacial score (nSPS) is 11.4. The average Bonchev–Trinajstić information content (AvgIpc) is 3.06. The first-order chi connectivity index (χ1) is 9.61. The van der Waals surface area contributed by atoms with E-state index in [1.165, 1.54) is 0 Å². The number of hydrogen-bond acceptors (Lipinski definition) is 5. The lowest BCUT2D eigenvalue weighted by atomic mass is 10.1. The number of aromatic amines is 1. The van der Waals surface area contributed by atoms with E-state index in [1.54, 1.807) is 6.33 Å². The SMILES string of the molecule is CC(C)Cc1cc(-c2nc(-c3cn(C)cn3)no2)n[nH]1. The minimum atomic E-state index is 0.400. The van der Waals surface area contributed by atoms with Crippen LogP contribution in [0.3, 0.4) is 0 Å². The molecule has 0 aliphatic rings. The summed E-state index contributed by atoms with van der Waals surface area (Å²) in [7, 11) is 1.89. The minimum Gasteiger partial charge on any atom is -0.340 e. The number of hydrogen-bond donors (Lipinski definition) is 1. The fourth-order valence-electron chi connectivity index (χ4n) is 1.98. The second-order valence-corrected chi connectivity index (χ2v) is 5.22. The van der Waals surface area contributed by atoms with E-state index in [-0.39, 0.29) is 0 Å². The van der Waals surface area contributed by atoms with Crippen molar-refractivity contribution < 1.29 is 4.52 Å². The lowest BCUT2D eigenvalue weighted by Gasteiger charge is -1.98. The minimum absolute atomic E-state index is 0.400. The van der Waals surface area contributed by atoms with Gasteiger partial charge in [0.2, 0.25) is 5.82 Å². The molecule has 0 saturated heterocycles. The lowest BCUT2D eigenvalue weighted by molar-refractivity contribution is 0.430. The van der Waals surface area contributed by atoms with Gasteiger partial charge in [-0.2, -0.15) is 10.1 Å². The van der Waals surface area contributed by atoms with E-state index in [9.17, 15) is 0 Å². The van der Waals surface area contributed by atoms with Crippen molar-refractivity contribution >= 4 is 0 Å². The highest BCUT2D eigenvalue weighted by Gasteiger charge is 2.15. The number of H-pyrrole nitrogens is 1. The van der Waals surface area contributed by atoms with Crippen molar-refractivity contribution in [3.8, 4) is 23.1 Å². The van der Waals surface area contributed by atoms with Gasteiger partial charge in [-0.05, 0) is 18.4 Å². The van der Waals surface area contributed by atoms with Crippen molar-refractivity contribution in [2.24, 2.45) is 13.0 Å². The third kappa shape index (κ3) is 2.47. The maximum Gasteiger partial charge on any atom is 0.278 e. The molecule has 0 saturated carbocycles. The van der Waals surface area contributed by atoms with Crippen LogP contribution < -0.4 is 0 Å². The zero-order valence-electron chi connectivity index (χ0n) is 11.7. The van der Waals surface area contributed by atoms with E-state index in [2.05, 4.69) is 39.2 Å². The van der Waals surface area contributed by atoms with Crippen molar-refractivity contribution in [3.05, 3.63) is 24.3 Å². The van der Waals surface area contributed by atoms with E-state index in [0.29, 0.717) is 29.0 Å². The Balaban J connectivity index is 1.84. The molecule has 20 heavy (non-hydrogen) atoms. The first-order valence-electron chi connectivity index (χ1n) is 6.48.